The van der Waals surface area contributed by atoms with Crippen LogP contribution in [0.3, 0.4) is 0 Å². The number of esters is 1. The van der Waals surface area contributed by atoms with Crippen molar-refractivity contribution in [2.45, 2.75) is 13.8 Å². The summed E-state index contributed by atoms with van der Waals surface area (Å²) in [6.07, 6.45) is 1.46. The first-order valence-electron chi connectivity index (χ1n) is 10.0. The Balaban J connectivity index is 1.56. The van der Waals surface area contributed by atoms with Crippen LogP contribution in [-0.4, -0.2) is 31.8 Å². The van der Waals surface area contributed by atoms with Gasteiger partial charge in [0.25, 0.3) is 5.91 Å². The second kappa shape index (κ2) is 11.3. The number of ether oxygens (including phenoxy) is 3. The van der Waals surface area contributed by atoms with Gasteiger partial charge >= 0.3 is 5.97 Å². The van der Waals surface area contributed by atoms with Gasteiger partial charge in [-0.2, -0.15) is 5.10 Å². The van der Waals surface area contributed by atoms with Gasteiger partial charge in [-0.15, -0.1) is 0 Å². The van der Waals surface area contributed by atoms with Crippen LogP contribution in [0.2, 0.25) is 0 Å². The number of aryl methyl sites for hydroxylation is 2. The van der Waals surface area contributed by atoms with E-state index in [2.05, 4.69) is 26.5 Å². The van der Waals surface area contributed by atoms with E-state index in [9.17, 15) is 9.59 Å². The number of carbonyl (C=O) groups is 2. The summed E-state index contributed by atoms with van der Waals surface area (Å²) < 4.78 is 17.1. The molecule has 7 nitrogen and oxygen atoms in total. The zero-order valence-corrected chi connectivity index (χ0v) is 20.0. The number of rotatable bonds is 8. The molecule has 0 saturated heterocycles. The van der Waals surface area contributed by atoms with Crippen LogP contribution in [0.25, 0.3) is 0 Å². The molecule has 0 atom stereocenters. The van der Waals surface area contributed by atoms with Gasteiger partial charge in [0.1, 0.15) is 5.75 Å². The number of amides is 1. The van der Waals surface area contributed by atoms with Gasteiger partial charge < -0.3 is 14.2 Å². The van der Waals surface area contributed by atoms with Crippen molar-refractivity contribution in [2.24, 2.45) is 5.10 Å². The molecule has 0 aliphatic heterocycles. The van der Waals surface area contributed by atoms with E-state index in [1.54, 1.807) is 42.5 Å². The third-order valence-electron chi connectivity index (χ3n) is 4.72. The second-order valence-corrected chi connectivity index (χ2v) is 8.05. The van der Waals surface area contributed by atoms with Crippen molar-refractivity contribution in [3.63, 3.8) is 0 Å². The summed E-state index contributed by atoms with van der Waals surface area (Å²) in [6, 6.07) is 17.4. The zero-order chi connectivity index (χ0) is 23.8. The molecule has 3 aromatic carbocycles. The zero-order valence-electron chi connectivity index (χ0n) is 18.4. The van der Waals surface area contributed by atoms with Crippen LogP contribution in [0, 0.1) is 13.8 Å². The van der Waals surface area contributed by atoms with Crippen LogP contribution in [-0.2, 0) is 4.79 Å². The van der Waals surface area contributed by atoms with E-state index in [1.165, 1.54) is 13.3 Å². The minimum Gasteiger partial charge on any atom is -0.493 e. The number of carbonyl (C=O) groups excluding carboxylic acids is 2. The highest BCUT2D eigenvalue weighted by Crippen LogP contribution is 2.28. The molecule has 0 unspecified atom stereocenters. The van der Waals surface area contributed by atoms with Crippen LogP contribution in [0.15, 0.2) is 70.2 Å². The Kier molecular flexibility index (Phi) is 8.21. The van der Waals surface area contributed by atoms with Gasteiger partial charge in [-0.05, 0) is 85.1 Å². The Morgan fingerprint density at radius 3 is 2.42 bits per heavy atom. The molecule has 0 spiro atoms. The fourth-order valence-electron chi connectivity index (χ4n) is 2.76. The number of nitrogens with one attached hydrogen (secondary N) is 1. The standard InChI is InChI=1S/C25H23BrN2O5/c1-16-4-10-21(12-17(16)2)32-15-24(29)28-27-14-18-5-11-22(23(13-18)31-3)33-25(30)19-6-8-20(26)9-7-19/h4-14H,15H2,1-3H3,(H,28,29)/b27-14+. The van der Waals surface area contributed by atoms with E-state index in [4.69, 9.17) is 14.2 Å². The average molecular weight is 511 g/mol. The lowest BCUT2D eigenvalue weighted by Gasteiger charge is -2.10. The lowest BCUT2D eigenvalue weighted by Crippen LogP contribution is -2.24. The van der Waals surface area contributed by atoms with Gasteiger partial charge in [0.2, 0.25) is 0 Å². The van der Waals surface area contributed by atoms with Gasteiger partial charge in [0.05, 0.1) is 18.9 Å². The minimum absolute atomic E-state index is 0.159. The quantitative estimate of drug-likeness (QED) is 0.203. The van der Waals surface area contributed by atoms with Crippen molar-refractivity contribution in [1.82, 2.24) is 5.43 Å². The van der Waals surface area contributed by atoms with E-state index in [0.29, 0.717) is 22.6 Å². The number of hydrazone groups is 1. The highest BCUT2D eigenvalue weighted by atomic mass is 79.9. The predicted octanol–water partition coefficient (Wildman–Crippen LogP) is 4.82. The maximum atomic E-state index is 12.3. The molecule has 0 radical (unpaired) electrons. The molecule has 0 aliphatic carbocycles. The fraction of sp³-hybridized carbons (Fsp3) is 0.160. The maximum Gasteiger partial charge on any atom is 0.343 e. The summed E-state index contributed by atoms with van der Waals surface area (Å²) >= 11 is 3.33. The number of methoxy groups -OCH3 is 1. The van der Waals surface area contributed by atoms with Crippen molar-refractivity contribution in [2.75, 3.05) is 13.7 Å². The highest BCUT2D eigenvalue weighted by Gasteiger charge is 2.13. The van der Waals surface area contributed by atoms with E-state index in [-0.39, 0.29) is 12.4 Å². The molecular formula is C25H23BrN2O5. The Morgan fingerprint density at radius 2 is 1.73 bits per heavy atom. The van der Waals surface area contributed by atoms with Gasteiger partial charge in [-0.1, -0.05) is 22.0 Å². The molecule has 3 rings (SSSR count). The van der Waals surface area contributed by atoms with E-state index in [1.807, 2.05) is 32.0 Å². The smallest absolute Gasteiger partial charge is 0.343 e. The Labute approximate surface area is 200 Å². The normalized spacial score (nSPS) is 10.7. The molecule has 1 N–H and O–H groups in total. The summed E-state index contributed by atoms with van der Waals surface area (Å²) in [7, 11) is 1.47. The summed E-state index contributed by atoms with van der Waals surface area (Å²) in [5.74, 6) is 0.354. The van der Waals surface area contributed by atoms with E-state index < -0.39 is 11.9 Å². The van der Waals surface area contributed by atoms with Crippen molar-refractivity contribution in [3.8, 4) is 17.2 Å². The van der Waals surface area contributed by atoms with Crippen molar-refractivity contribution in [1.29, 1.82) is 0 Å². The molecule has 3 aromatic rings. The fourth-order valence-corrected chi connectivity index (χ4v) is 3.02. The van der Waals surface area contributed by atoms with Crippen molar-refractivity contribution < 1.29 is 23.8 Å². The summed E-state index contributed by atoms with van der Waals surface area (Å²) in [5, 5.41) is 3.94. The molecule has 0 fully saturated rings. The molecule has 1 amide bonds. The van der Waals surface area contributed by atoms with Crippen LogP contribution in [0.5, 0.6) is 17.2 Å². The van der Waals surface area contributed by atoms with Gasteiger partial charge in [0.15, 0.2) is 18.1 Å². The van der Waals surface area contributed by atoms with Gasteiger partial charge in [-0.3, -0.25) is 4.79 Å². The van der Waals surface area contributed by atoms with E-state index in [0.717, 1.165) is 15.6 Å². The van der Waals surface area contributed by atoms with Gasteiger partial charge in [0, 0.05) is 4.47 Å². The number of hydrogen-bond acceptors (Lipinski definition) is 6. The lowest BCUT2D eigenvalue weighted by atomic mass is 10.1. The van der Waals surface area contributed by atoms with Crippen molar-refractivity contribution in [3.05, 3.63) is 87.4 Å². The molecule has 0 aliphatic rings. The molecule has 33 heavy (non-hydrogen) atoms. The number of nitrogens with zero attached hydrogens (tertiary/aromatic N) is 1. The third kappa shape index (κ3) is 6.92. The SMILES string of the molecule is COc1cc(/C=N/NC(=O)COc2ccc(C)c(C)c2)ccc1OC(=O)c1ccc(Br)cc1. The topological polar surface area (TPSA) is 86.2 Å². The molecule has 8 heteroatoms. The van der Waals surface area contributed by atoms with Gasteiger partial charge in [-0.25, -0.2) is 10.2 Å². The van der Waals surface area contributed by atoms with Crippen LogP contribution < -0.4 is 19.6 Å². The van der Waals surface area contributed by atoms with Crippen LogP contribution >= 0.6 is 15.9 Å². The number of benzene rings is 3. The number of halogens is 1. The highest BCUT2D eigenvalue weighted by molar-refractivity contribution is 9.10. The Morgan fingerprint density at radius 1 is 0.970 bits per heavy atom. The van der Waals surface area contributed by atoms with Crippen LogP contribution in [0.1, 0.15) is 27.0 Å². The maximum absolute atomic E-state index is 12.3. The second-order valence-electron chi connectivity index (χ2n) is 7.13. The largest absolute Gasteiger partial charge is 0.493 e. The minimum atomic E-state index is -0.502. The Hall–Kier alpha value is -3.65. The monoisotopic (exact) mass is 510 g/mol. The molecule has 0 bridgehead atoms. The predicted molar refractivity (Wildman–Crippen MR) is 129 cm³/mol. The summed E-state index contributed by atoms with van der Waals surface area (Å²) in [6.45, 7) is 3.83. The summed E-state index contributed by atoms with van der Waals surface area (Å²) in [5.41, 5.74) is 5.71. The molecular weight excluding hydrogens is 488 g/mol. The molecule has 0 aromatic heterocycles. The van der Waals surface area contributed by atoms with E-state index >= 15 is 0 Å². The van der Waals surface area contributed by atoms with Crippen LogP contribution in [0.4, 0.5) is 0 Å². The van der Waals surface area contributed by atoms with Crippen molar-refractivity contribution >= 4 is 34.0 Å². The third-order valence-corrected chi connectivity index (χ3v) is 5.25. The first-order chi connectivity index (χ1) is 15.9. The Bertz CT molecular complexity index is 1180. The molecule has 0 saturated carbocycles. The molecule has 0 heterocycles. The average Bonchev–Trinajstić information content (AvgIpc) is 2.81. The number of hydrogen-bond donors (Lipinski definition) is 1. The summed E-state index contributed by atoms with van der Waals surface area (Å²) in [4.78, 5) is 24.3. The lowest BCUT2D eigenvalue weighted by molar-refractivity contribution is -0.123. The first-order valence-corrected chi connectivity index (χ1v) is 10.8. The molecule has 170 valence electrons. The first kappa shape index (κ1) is 24.0.